The summed E-state index contributed by atoms with van der Waals surface area (Å²) in [5, 5.41) is 2.52. The Morgan fingerprint density at radius 2 is 1.49 bits per heavy atom. The highest BCUT2D eigenvalue weighted by Gasteiger charge is 2.46. The van der Waals surface area contributed by atoms with E-state index in [1.807, 2.05) is 78.9 Å². The van der Waals surface area contributed by atoms with E-state index in [1.54, 1.807) is 14.2 Å². The van der Waals surface area contributed by atoms with Crippen molar-refractivity contribution in [2.75, 3.05) is 20.8 Å². The lowest BCUT2D eigenvalue weighted by Gasteiger charge is -2.37. The molecule has 0 saturated carbocycles. The second kappa shape index (κ2) is 13.1. The van der Waals surface area contributed by atoms with Crippen LogP contribution >= 0.6 is 0 Å². The van der Waals surface area contributed by atoms with Crippen molar-refractivity contribution in [2.45, 2.75) is 50.0 Å². The molecule has 236 valence electrons. The van der Waals surface area contributed by atoms with Gasteiger partial charge in [-0.05, 0) is 54.0 Å². The van der Waals surface area contributed by atoms with E-state index in [0.29, 0.717) is 11.5 Å². The van der Waals surface area contributed by atoms with E-state index in [1.165, 1.54) is 31.0 Å². The van der Waals surface area contributed by atoms with Crippen LogP contribution in [0.2, 0.25) is 0 Å². The molecule has 11 heteroatoms. The number of nitrogens with zero attached hydrogens (tertiary/aromatic N) is 1. The van der Waals surface area contributed by atoms with E-state index in [4.69, 9.17) is 29.4 Å². The maximum absolute atomic E-state index is 13.0. The highest BCUT2D eigenvalue weighted by Crippen LogP contribution is 2.42. The van der Waals surface area contributed by atoms with Crippen LogP contribution in [-0.2, 0) is 29.4 Å². The number of urea groups is 1. The molecule has 2 aliphatic heterocycles. The standard InChI is InChI=1S/C34H37N3O8/c1-22(38)33(35)18-19-37(32(40)36-33)31-20-29(44-23(2)39)30(45-31)21-43-34(24-8-6-5-7-9-24,25-10-14-27(41-3)15-11-25)26-12-16-28(42-4)17-13-26/h5-19,29-31H,20-21,35H2,1-4H3,(H,36,40)/t29-,30+,31+,33?/m0/s1. The molecular formula is C34H37N3O8. The van der Waals surface area contributed by atoms with Gasteiger partial charge < -0.3 is 29.0 Å². The van der Waals surface area contributed by atoms with Crippen LogP contribution in [-0.4, -0.2) is 67.6 Å². The van der Waals surface area contributed by atoms with E-state index in [0.717, 1.165) is 16.7 Å². The van der Waals surface area contributed by atoms with Crippen LogP contribution in [0.15, 0.2) is 91.1 Å². The molecule has 3 aromatic carbocycles. The summed E-state index contributed by atoms with van der Waals surface area (Å²) in [4.78, 5) is 38.4. The van der Waals surface area contributed by atoms with Crippen LogP contribution in [0.5, 0.6) is 11.5 Å². The molecule has 0 aromatic heterocycles. The first-order chi connectivity index (χ1) is 21.6. The number of carbonyl (C=O) groups is 3. The first kappa shape index (κ1) is 31.7. The summed E-state index contributed by atoms with van der Waals surface area (Å²) in [6.45, 7) is 2.59. The van der Waals surface area contributed by atoms with Gasteiger partial charge in [0.1, 0.15) is 35.5 Å². The lowest BCUT2D eigenvalue weighted by Crippen LogP contribution is -2.65. The Morgan fingerprint density at radius 1 is 0.933 bits per heavy atom. The molecule has 1 saturated heterocycles. The predicted octanol–water partition coefficient (Wildman–Crippen LogP) is 3.84. The van der Waals surface area contributed by atoms with Gasteiger partial charge in [0.25, 0.3) is 0 Å². The van der Waals surface area contributed by atoms with Gasteiger partial charge in [0.2, 0.25) is 0 Å². The average Bonchev–Trinajstić information content (AvgIpc) is 3.43. The molecule has 5 rings (SSSR count). The van der Waals surface area contributed by atoms with Gasteiger partial charge in [0.15, 0.2) is 11.4 Å². The molecule has 2 amide bonds. The van der Waals surface area contributed by atoms with Gasteiger partial charge in [0, 0.05) is 19.5 Å². The van der Waals surface area contributed by atoms with E-state index >= 15 is 0 Å². The Balaban J connectivity index is 1.52. The number of amides is 2. The molecule has 2 aliphatic rings. The smallest absolute Gasteiger partial charge is 0.325 e. The van der Waals surface area contributed by atoms with Crippen molar-refractivity contribution in [1.29, 1.82) is 0 Å². The van der Waals surface area contributed by atoms with Crippen LogP contribution in [0.4, 0.5) is 4.79 Å². The second-order valence-corrected chi connectivity index (χ2v) is 10.9. The van der Waals surface area contributed by atoms with Gasteiger partial charge in [-0.15, -0.1) is 0 Å². The number of esters is 1. The molecule has 3 aromatic rings. The third-order valence-corrected chi connectivity index (χ3v) is 8.07. The van der Waals surface area contributed by atoms with E-state index in [9.17, 15) is 14.4 Å². The Bertz CT molecular complexity index is 1500. The van der Waals surface area contributed by atoms with Gasteiger partial charge in [-0.3, -0.25) is 20.2 Å². The summed E-state index contributed by atoms with van der Waals surface area (Å²) in [6, 6.07) is 24.4. The Morgan fingerprint density at radius 3 is 1.98 bits per heavy atom. The maximum Gasteiger partial charge on any atom is 0.325 e. The molecule has 0 spiro atoms. The summed E-state index contributed by atoms with van der Waals surface area (Å²) in [5.41, 5.74) is 5.77. The first-order valence-corrected chi connectivity index (χ1v) is 14.5. The molecule has 45 heavy (non-hydrogen) atoms. The predicted molar refractivity (Wildman–Crippen MR) is 164 cm³/mol. The van der Waals surface area contributed by atoms with Crippen LogP contribution < -0.4 is 20.5 Å². The molecule has 11 nitrogen and oxygen atoms in total. The largest absolute Gasteiger partial charge is 0.497 e. The molecule has 3 N–H and O–H groups in total. The Labute approximate surface area is 261 Å². The number of rotatable bonds is 11. The number of benzene rings is 3. The zero-order valence-electron chi connectivity index (χ0n) is 25.6. The number of nitrogens with one attached hydrogen (secondary N) is 1. The number of ether oxygens (including phenoxy) is 5. The van der Waals surface area contributed by atoms with Gasteiger partial charge in [-0.1, -0.05) is 54.6 Å². The Kier molecular flexibility index (Phi) is 9.24. The van der Waals surface area contributed by atoms with E-state index < -0.39 is 47.5 Å². The quantitative estimate of drug-likeness (QED) is 0.243. The number of hydrogen-bond donors (Lipinski definition) is 2. The zero-order chi connectivity index (χ0) is 32.2. The lowest BCUT2D eigenvalue weighted by molar-refractivity contribution is -0.153. The third kappa shape index (κ3) is 6.41. The molecule has 0 radical (unpaired) electrons. The van der Waals surface area contributed by atoms with Gasteiger partial charge in [0.05, 0.1) is 20.8 Å². The summed E-state index contributed by atoms with van der Waals surface area (Å²) in [5.74, 6) is 0.459. The fourth-order valence-electron chi connectivity index (χ4n) is 5.62. The molecular weight excluding hydrogens is 578 g/mol. The normalized spacial score (nSPS) is 22.9. The van der Waals surface area contributed by atoms with Crippen molar-refractivity contribution in [3.63, 3.8) is 0 Å². The summed E-state index contributed by atoms with van der Waals surface area (Å²) < 4.78 is 29.8. The van der Waals surface area contributed by atoms with Crippen molar-refractivity contribution in [3.05, 3.63) is 108 Å². The van der Waals surface area contributed by atoms with Crippen molar-refractivity contribution in [2.24, 2.45) is 5.73 Å². The fourth-order valence-corrected chi connectivity index (χ4v) is 5.62. The lowest BCUT2D eigenvalue weighted by atomic mass is 9.80. The molecule has 1 unspecified atom stereocenters. The van der Waals surface area contributed by atoms with Crippen LogP contribution in [0.1, 0.15) is 37.0 Å². The highest BCUT2D eigenvalue weighted by atomic mass is 16.6. The SMILES string of the molecule is COc1ccc(C(OC[C@H]2O[C@@H](N3C=CC(N)(C(C)=O)NC3=O)C[C@@H]2OC(C)=O)(c2ccccc2)c2ccc(OC)cc2)cc1. The number of carbonyl (C=O) groups excluding carboxylic acids is 3. The summed E-state index contributed by atoms with van der Waals surface area (Å²) >= 11 is 0. The van der Waals surface area contributed by atoms with Crippen LogP contribution in [0.3, 0.4) is 0 Å². The summed E-state index contributed by atoms with van der Waals surface area (Å²) in [7, 11) is 3.21. The summed E-state index contributed by atoms with van der Waals surface area (Å²) in [6.07, 6.45) is 0.694. The van der Waals surface area contributed by atoms with Crippen LogP contribution in [0, 0.1) is 0 Å². The zero-order valence-corrected chi connectivity index (χ0v) is 25.6. The minimum atomic E-state index is -1.62. The topological polar surface area (TPSA) is 139 Å². The Hall–Kier alpha value is -4.71. The number of hydrogen-bond acceptors (Lipinski definition) is 9. The van der Waals surface area contributed by atoms with Gasteiger partial charge in [-0.2, -0.15) is 0 Å². The number of ketones is 1. The fraction of sp³-hybridized carbons (Fsp3) is 0.324. The highest BCUT2D eigenvalue weighted by molar-refractivity contribution is 5.93. The minimum absolute atomic E-state index is 0.0190. The monoisotopic (exact) mass is 615 g/mol. The van der Waals surface area contributed by atoms with Crippen LogP contribution in [0.25, 0.3) is 0 Å². The van der Waals surface area contributed by atoms with Gasteiger partial charge in [-0.25, -0.2) is 4.79 Å². The average molecular weight is 616 g/mol. The number of nitrogens with two attached hydrogens (primary N) is 1. The van der Waals surface area contributed by atoms with Crippen molar-refractivity contribution in [1.82, 2.24) is 10.2 Å². The van der Waals surface area contributed by atoms with E-state index in [2.05, 4.69) is 5.32 Å². The maximum atomic E-state index is 13.0. The molecule has 0 bridgehead atoms. The number of Topliss-reactive ketones (excluding diaryl/α,β-unsaturated/α-hetero) is 1. The van der Waals surface area contributed by atoms with E-state index in [-0.39, 0.29) is 13.0 Å². The van der Waals surface area contributed by atoms with Gasteiger partial charge >= 0.3 is 12.0 Å². The molecule has 1 fully saturated rings. The minimum Gasteiger partial charge on any atom is -0.497 e. The second-order valence-electron chi connectivity index (χ2n) is 10.9. The van der Waals surface area contributed by atoms with Crippen molar-refractivity contribution < 1.29 is 38.1 Å². The number of methoxy groups -OCH3 is 2. The van der Waals surface area contributed by atoms with Crippen molar-refractivity contribution >= 4 is 17.8 Å². The molecule has 2 heterocycles. The molecule has 0 aliphatic carbocycles. The third-order valence-electron chi connectivity index (χ3n) is 8.07. The first-order valence-electron chi connectivity index (χ1n) is 14.5. The van der Waals surface area contributed by atoms with Crippen molar-refractivity contribution in [3.8, 4) is 11.5 Å². The molecule has 4 atom stereocenters.